The molecular formula is C15H14F2O. The van der Waals surface area contributed by atoms with Crippen LogP contribution in [0.4, 0.5) is 8.78 Å². The maximum atomic E-state index is 13.0. The number of aliphatic hydroxyl groups is 1. The highest BCUT2D eigenvalue weighted by Gasteiger charge is 2.11. The van der Waals surface area contributed by atoms with Gasteiger partial charge >= 0.3 is 0 Å². The van der Waals surface area contributed by atoms with E-state index in [1.54, 1.807) is 0 Å². The molecule has 3 heteroatoms. The first kappa shape index (κ1) is 12.7. The normalized spacial score (nSPS) is 12.4. The van der Waals surface area contributed by atoms with E-state index < -0.39 is 17.7 Å². The number of aryl methyl sites for hydroxylation is 1. The highest BCUT2D eigenvalue weighted by atomic mass is 19.1. The molecule has 0 fully saturated rings. The molecule has 94 valence electrons. The van der Waals surface area contributed by atoms with E-state index in [9.17, 15) is 13.9 Å². The first-order valence-corrected chi connectivity index (χ1v) is 5.74. The van der Waals surface area contributed by atoms with Crippen LogP contribution in [0.1, 0.15) is 22.8 Å². The van der Waals surface area contributed by atoms with Crippen molar-refractivity contribution in [2.24, 2.45) is 0 Å². The van der Waals surface area contributed by atoms with Crippen molar-refractivity contribution in [3.8, 4) is 0 Å². The predicted molar refractivity (Wildman–Crippen MR) is 66.2 cm³/mol. The molecule has 1 nitrogen and oxygen atoms in total. The fraction of sp³-hybridized carbons (Fsp3) is 0.200. The van der Waals surface area contributed by atoms with E-state index in [4.69, 9.17) is 0 Å². The minimum Gasteiger partial charge on any atom is -0.388 e. The van der Waals surface area contributed by atoms with Gasteiger partial charge in [0.05, 0.1) is 6.10 Å². The number of rotatable bonds is 3. The molecule has 0 aliphatic carbocycles. The molecule has 1 unspecified atom stereocenters. The Hall–Kier alpha value is -1.74. The molecule has 1 atom stereocenters. The van der Waals surface area contributed by atoms with Crippen molar-refractivity contribution in [2.75, 3.05) is 0 Å². The minimum absolute atomic E-state index is 0.257. The molecule has 2 aromatic carbocycles. The van der Waals surface area contributed by atoms with Gasteiger partial charge in [-0.05, 0) is 30.2 Å². The summed E-state index contributed by atoms with van der Waals surface area (Å²) in [6.45, 7) is 1.97. The standard InChI is InChI=1S/C15H14F2O/c1-10-2-4-11(5-3-10)6-15(18)12-7-13(16)9-14(17)8-12/h2-5,7-9,15,18H,6H2,1H3. The molecule has 0 radical (unpaired) electrons. The van der Waals surface area contributed by atoms with E-state index in [-0.39, 0.29) is 5.56 Å². The Kier molecular flexibility index (Phi) is 3.72. The molecule has 2 aromatic rings. The molecule has 18 heavy (non-hydrogen) atoms. The highest BCUT2D eigenvalue weighted by molar-refractivity contribution is 5.25. The third kappa shape index (κ3) is 3.14. The molecule has 0 saturated carbocycles. The Labute approximate surface area is 105 Å². The van der Waals surface area contributed by atoms with Crippen molar-refractivity contribution in [2.45, 2.75) is 19.4 Å². The summed E-state index contributed by atoms with van der Waals surface area (Å²) in [7, 11) is 0. The van der Waals surface area contributed by atoms with Crippen LogP contribution in [0, 0.1) is 18.6 Å². The summed E-state index contributed by atoms with van der Waals surface area (Å²) in [5.74, 6) is -1.35. The summed E-state index contributed by atoms with van der Waals surface area (Å²) in [5, 5.41) is 9.96. The second-order valence-electron chi connectivity index (χ2n) is 4.41. The Morgan fingerprint density at radius 1 is 1.00 bits per heavy atom. The van der Waals surface area contributed by atoms with Crippen LogP contribution in [0.25, 0.3) is 0 Å². The van der Waals surface area contributed by atoms with E-state index >= 15 is 0 Å². The fourth-order valence-corrected chi connectivity index (χ4v) is 1.83. The summed E-state index contributed by atoms with van der Waals surface area (Å²) in [4.78, 5) is 0. The van der Waals surface area contributed by atoms with Gasteiger partial charge in [-0.2, -0.15) is 0 Å². The zero-order valence-corrected chi connectivity index (χ0v) is 10.0. The predicted octanol–water partition coefficient (Wildman–Crippen LogP) is 3.55. The first-order chi connectivity index (χ1) is 8.54. The Bertz CT molecular complexity index is 514. The molecule has 0 aliphatic heterocycles. The van der Waals surface area contributed by atoms with Crippen molar-refractivity contribution >= 4 is 0 Å². The van der Waals surface area contributed by atoms with Crippen molar-refractivity contribution in [1.29, 1.82) is 0 Å². The van der Waals surface area contributed by atoms with Crippen LogP contribution in [-0.4, -0.2) is 5.11 Å². The molecule has 0 amide bonds. The average molecular weight is 248 g/mol. The zero-order chi connectivity index (χ0) is 13.1. The average Bonchev–Trinajstić information content (AvgIpc) is 2.31. The Morgan fingerprint density at radius 3 is 2.11 bits per heavy atom. The second-order valence-corrected chi connectivity index (χ2v) is 4.41. The van der Waals surface area contributed by atoms with E-state index in [1.165, 1.54) is 0 Å². The van der Waals surface area contributed by atoms with Gasteiger partial charge in [0.1, 0.15) is 11.6 Å². The second kappa shape index (κ2) is 5.27. The lowest BCUT2D eigenvalue weighted by Gasteiger charge is -2.11. The Morgan fingerprint density at radius 2 is 1.56 bits per heavy atom. The maximum Gasteiger partial charge on any atom is 0.126 e. The number of hydrogen-bond acceptors (Lipinski definition) is 1. The zero-order valence-electron chi connectivity index (χ0n) is 10.0. The van der Waals surface area contributed by atoms with Crippen LogP contribution in [0.3, 0.4) is 0 Å². The van der Waals surface area contributed by atoms with Crippen LogP contribution in [0.15, 0.2) is 42.5 Å². The summed E-state index contributed by atoms with van der Waals surface area (Å²) in [6.07, 6.45) is -0.568. The van der Waals surface area contributed by atoms with Gasteiger partial charge in [-0.1, -0.05) is 29.8 Å². The van der Waals surface area contributed by atoms with E-state index in [1.807, 2.05) is 31.2 Å². The van der Waals surface area contributed by atoms with Gasteiger partial charge in [0.15, 0.2) is 0 Å². The quantitative estimate of drug-likeness (QED) is 0.880. The largest absolute Gasteiger partial charge is 0.388 e. The van der Waals surface area contributed by atoms with Gasteiger partial charge in [-0.15, -0.1) is 0 Å². The van der Waals surface area contributed by atoms with E-state index in [0.29, 0.717) is 6.42 Å². The van der Waals surface area contributed by atoms with Crippen molar-refractivity contribution in [1.82, 2.24) is 0 Å². The Balaban J connectivity index is 2.16. The molecule has 0 bridgehead atoms. The van der Waals surface area contributed by atoms with Gasteiger partial charge in [0, 0.05) is 12.5 Å². The van der Waals surface area contributed by atoms with Crippen LogP contribution in [-0.2, 0) is 6.42 Å². The van der Waals surface area contributed by atoms with Gasteiger partial charge in [0.2, 0.25) is 0 Å². The summed E-state index contributed by atoms with van der Waals surface area (Å²) in [5.41, 5.74) is 2.32. The number of aliphatic hydroxyl groups excluding tert-OH is 1. The fourth-order valence-electron chi connectivity index (χ4n) is 1.83. The van der Waals surface area contributed by atoms with E-state index in [0.717, 1.165) is 29.3 Å². The molecular weight excluding hydrogens is 234 g/mol. The van der Waals surface area contributed by atoms with Crippen LogP contribution >= 0.6 is 0 Å². The van der Waals surface area contributed by atoms with Crippen molar-refractivity contribution < 1.29 is 13.9 Å². The maximum absolute atomic E-state index is 13.0. The van der Waals surface area contributed by atoms with E-state index in [2.05, 4.69) is 0 Å². The number of hydrogen-bond donors (Lipinski definition) is 1. The monoisotopic (exact) mass is 248 g/mol. The molecule has 0 heterocycles. The summed E-state index contributed by atoms with van der Waals surface area (Å²) < 4.78 is 26.1. The SMILES string of the molecule is Cc1ccc(CC(O)c2cc(F)cc(F)c2)cc1. The van der Waals surface area contributed by atoms with Crippen molar-refractivity contribution in [3.05, 3.63) is 70.8 Å². The van der Waals surface area contributed by atoms with Crippen molar-refractivity contribution in [3.63, 3.8) is 0 Å². The highest BCUT2D eigenvalue weighted by Crippen LogP contribution is 2.20. The lowest BCUT2D eigenvalue weighted by molar-refractivity contribution is 0.177. The lowest BCUT2D eigenvalue weighted by Crippen LogP contribution is -2.03. The summed E-state index contributed by atoms with van der Waals surface area (Å²) >= 11 is 0. The van der Waals surface area contributed by atoms with Gasteiger partial charge in [-0.25, -0.2) is 8.78 Å². The van der Waals surface area contributed by atoms with Crippen LogP contribution < -0.4 is 0 Å². The van der Waals surface area contributed by atoms with Crippen LogP contribution in [0.5, 0.6) is 0 Å². The van der Waals surface area contributed by atoms with Gasteiger partial charge < -0.3 is 5.11 Å². The molecule has 0 spiro atoms. The third-order valence-corrected chi connectivity index (χ3v) is 2.82. The minimum atomic E-state index is -0.905. The van der Waals surface area contributed by atoms with Crippen LogP contribution in [0.2, 0.25) is 0 Å². The topological polar surface area (TPSA) is 20.2 Å². The molecule has 0 aliphatic rings. The lowest BCUT2D eigenvalue weighted by atomic mass is 10.0. The molecule has 0 aromatic heterocycles. The number of benzene rings is 2. The molecule has 2 rings (SSSR count). The third-order valence-electron chi connectivity index (χ3n) is 2.82. The first-order valence-electron chi connectivity index (χ1n) is 5.74. The smallest absolute Gasteiger partial charge is 0.126 e. The van der Waals surface area contributed by atoms with Gasteiger partial charge in [-0.3, -0.25) is 0 Å². The molecule has 0 saturated heterocycles. The summed E-state index contributed by atoms with van der Waals surface area (Å²) in [6, 6.07) is 10.8. The van der Waals surface area contributed by atoms with Gasteiger partial charge in [0.25, 0.3) is 0 Å². The number of halogens is 2. The molecule has 1 N–H and O–H groups in total.